The quantitative estimate of drug-likeness (QED) is 0.485. The number of hydrogen-bond donors (Lipinski definition) is 0. The van der Waals surface area contributed by atoms with E-state index in [1.165, 1.54) is 12.8 Å². The molecule has 2 aliphatic carbocycles. The fourth-order valence-corrected chi connectivity index (χ4v) is 14.0. The molecule has 2 aliphatic rings. The Bertz CT molecular complexity index is 599. The minimum atomic E-state index is -1.70. The van der Waals surface area contributed by atoms with Crippen LogP contribution in [0.5, 0.6) is 0 Å². The molecule has 0 nitrogen and oxygen atoms in total. The maximum Gasteiger partial charge on any atom is -1.00 e. The monoisotopic (exact) mass is 488 g/mol. The van der Waals surface area contributed by atoms with E-state index in [-0.39, 0.29) is 35.6 Å². The van der Waals surface area contributed by atoms with Gasteiger partial charge in [0, 0.05) is 0 Å². The molecule has 0 radical (unpaired) electrons. The Kier molecular flexibility index (Phi) is 10.2. The van der Waals surface area contributed by atoms with E-state index >= 15 is 0 Å². The summed E-state index contributed by atoms with van der Waals surface area (Å²) < 4.78 is 3.69. The van der Waals surface area contributed by atoms with E-state index in [0.717, 1.165) is 0 Å². The first-order chi connectivity index (χ1) is 11.0. The van der Waals surface area contributed by atoms with Crippen molar-refractivity contribution in [3.63, 3.8) is 0 Å². The average Bonchev–Trinajstić information content (AvgIpc) is 3.09. The Morgan fingerprint density at radius 2 is 1.08 bits per heavy atom. The van der Waals surface area contributed by atoms with Crippen molar-refractivity contribution in [1.82, 2.24) is 0 Å². The van der Waals surface area contributed by atoms with Crippen LogP contribution in [-0.4, -0.2) is 6.88 Å². The van der Waals surface area contributed by atoms with Gasteiger partial charge in [-0.15, -0.1) is 0 Å². The number of rotatable bonds is 4. The summed E-state index contributed by atoms with van der Waals surface area (Å²) >= 11 is -1.70. The number of hydrogen-bond acceptors (Lipinski definition) is 0. The summed E-state index contributed by atoms with van der Waals surface area (Å²) in [5, 5.41) is 0. The average molecular weight is 491 g/mol. The topological polar surface area (TPSA) is 0 Å². The van der Waals surface area contributed by atoms with E-state index in [1.54, 1.807) is 11.1 Å². The first-order valence-corrected chi connectivity index (χ1v) is 17.9. The van der Waals surface area contributed by atoms with E-state index in [2.05, 4.69) is 86.6 Å². The summed E-state index contributed by atoms with van der Waals surface area (Å²) in [6.07, 6.45) is 12.9. The molecular formula is C22H36Cl2SiZr. The second kappa shape index (κ2) is 9.91. The van der Waals surface area contributed by atoms with E-state index in [9.17, 15) is 0 Å². The van der Waals surface area contributed by atoms with Gasteiger partial charge in [-0.3, -0.25) is 0 Å². The Hall–Kier alpha value is 0.640. The summed E-state index contributed by atoms with van der Waals surface area (Å²) in [6, 6.07) is 0. The molecule has 0 aromatic heterocycles. The Morgan fingerprint density at radius 1 is 0.769 bits per heavy atom. The second-order valence-electron chi connectivity index (χ2n) is 9.45. The molecule has 0 heterocycles. The van der Waals surface area contributed by atoms with Gasteiger partial charge >= 0.3 is 160 Å². The predicted molar refractivity (Wildman–Crippen MR) is 107 cm³/mol. The zero-order chi connectivity index (χ0) is 18.3. The molecule has 0 saturated carbocycles. The van der Waals surface area contributed by atoms with Crippen molar-refractivity contribution in [2.75, 3.05) is 0 Å². The molecule has 4 heteroatoms. The summed E-state index contributed by atoms with van der Waals surface area (Å²) in [6.45, 7) is 21.2. The molecule has 0 fully saturated rings. The Balaban J connectivity index is 0.00000312. The zero-order valence-electron chi connectivity index (χ0n) is 17.8. The van der Waals surface area contributed by atoms with Crippen LogP contribution in [0.1, 0.15) is 68.2 Å². The molecule has 0 bridgehead atoms. The van der Waals surface area contributed by atoms with E-state index in [4.69, 9.17) is 0 Å². The van der Waals surface area contributed by atoms with Gasteiger partial charge in [-0.05, 0) is 0 Å². The summed E-state index contributed by atoms with van der Waals surface area (Å²) in [5.41, 5.74) is 3.71. The summed E-state index contributed by atoms with van der Waals surface area (Å²) in [7, 11) is 0. The summed E-state index contributed by atoms with van der Waals surface area (Å²) in [5.74, 6) is 1.42. The number of allylic oxidation sites excluding steroid dienone is 8. The molecule has 2 rings (SSSR count). The van der Waals surface area contributed by atoms with E-state index in [1.807, 2.05) is 6.56 Å². The standard InChI is InChI=1S/2C11H17.2ClH.H2Si.Zr/c2*1-5-9-6-7-10(8-9)11(2,3)4;;;;/h2*7-9H,5H2,1-4H3;2*1H;1H2;/q;;;;;+2/p-2. The van der Waals surface area contributed by atoms with Gasteiger partial charge in [-0.1, -0.05) is 0 Å². The maximum atomic E-state index is 2.61. The largest absolute Gasteiger partial charge is 1.00 e. The fraction of sp³-hybridized carbons (Fsp3) is 0.636. The molecule has 0 saturated heterocycles. The molecule has 0 aliphatic heterocycles. The fourth-order valence-electron chi connectivity index (χ4n) is 3.66. The third kappa shape index (κ3) is 5.82. The first kappa shape index (κ1) is 26.6. The minimum Gasteiger partial charge on any atom is -1.00 e. The SMILES string of the molecule is CCC1C=C(C(C)(C)C)C=[C]1[Zr+2](=[SiH2])[C]1=CC(C(C)(C)C)=CC1CC.[Cl-].[Cl-]. The molecule has 26 heavy (non-hydrogen) atoms. The van der Waals surface area contributed by atoms with Crippen LogP contribution < -0.4 is 24.8 Å². The van der Waals surface area contributed by atoms with Crippen molar-refractivity contribution in [2.24, 2.45) is 22.7 Å². The van der Waals surface area contributed by atoms with Gasteiger partial charge in [0.2, 0.25) is 0 Å². The van der Waals surface area contributed by atoms with Crippen LogP contribution in [-0.2, 0) is 20.4 Å². The zero-order valence-corrected chi connectivity index (χ0v) is 23.2. The van der Waals surface area contributed by atoms with Crippen molar-refractivity contribution in [3.8, 4) is 0 Å². The molecule has 2 unspecified atom stereocenters. The second-order valence-corrected chi connectivity index (χ2v) is 18.8. The Morgan fingerprint density at radius 3 is 1.31 bits per heavy atom. The van der Waals surface area contributed by atoms with Gasteiger partial charge in [0.25, 0.3) is 0 Å². The van der Waals surface area contributed by atoms with Crippen LogP contribution in [0.15, 0.2) is 42.0 Å². The van der Waals surface area contributed by atoms with E-state index in [0.29, 0.717) is 11.8 Å². The minimum absolute atomic E-state index is 0. The van der Waals surface area contributed by atoms with Crippen LogP contribution in [0.2, 0.25) is 0 Å². The van der Waals surface area contributed by atoms with Gasteiger partial charge < -0.3 is 24.8 Å². The molecule has 0 spiro atoms. The van der Waals surface area contributed by atoms with Gasteiger partial charge in [0.15, 0.2) is 0 Å². The van der Waals surface area contributed by atoms with Crippen LogP contribution in [0.3, 0.4) is 0 Å². The van der Waals surface area contributed by atoms with Gasteiger partial charge in [0.05, 0.1) is 0 Å². The Labute approximate surface area is 183 Å². The molecule has 146 valence electrons. The molecule has 0 amide bonds. The third-order valence-electron chi connectivity index (χ3n) is 5.49. The predicted octanol–water partition coefficient (Wildman–Crippen LogP) is -0.0469. The van der Waals surface area contributed by atoms with Gasteiger partial charge in [-0.2, -0.15) is 0 Å². The summed E-state index contributed by atoms with van der Waals surface area (Å²) in [4.78, 5) is 0. The van der Waals surface area contributed by atoms with Crippen molar-refractivity contribution >= 4 is 6.88 Å². The van der Waals surface area contributed by atoms with E-state index < -0.39 is 20.4 Å². The molecule has 0 aromatic carbocycles. The van der Waals surface area contributed by atoms with Gasteiger partial charge in [0.1, 0.15) is 0 Å². The smallest absolute Gasteiger partial charge is 1.00 e. The molecule has 0 aromatic rings. The van der Waals surface area contributed by atoms with Crippen LogP contribution in [0.4, 0.5) is 0 Å². The number of halogens is 2. The van der Waals surface area contributed by atoms with Crippen LogP contribution in [0, 0.1) is 22.7 Å². The van der Waals surface area contributed by atoms with Crippen molar-refractivity contribution in [2.45, 2.75) is 68.2 Å². The maximum absolute atomic E-state index is 2.61. The molecule has 0 N–H and O–H groups in total. The normalized spacial score (nSPS) is 22.3. The third-order valence-corrected chi connectivity index (χ3v) is 16.3. The molecule has 2 atom stereocenters. The van der Waals surface area contributed by atoms with Crippen molar-refractivity contribution in [3.05, 3.63) is 42.0 Å². The van der Waals surface area contributed by atoms with Gasteiger partial charge in [-0.25, -0.2) is 0 Å². The van der Waals surface area contributed by atoms with Crippen LogP contribution in [0.25, 0.3) is 0 Å². The van der Waals surface area contributed by atoms with Crippen LogP contribution >= 0.6 is 0 Å². The van der Waals surface area contributed by atoms with Crippen molar-refractivity contribution < 1.29 is 45.2 Å². The molecular weight excluding hydrogens is 454 g/mol. The van der Waals surface area contributed by atoms with Crippen molar-refractivity contribution in [1.29, 1.82) is 0 Å². The first-order valence-electron chi connectivity index (χ1n) is 9.56.